The number of methoxy groups -OCH3 is 1. The highest BCUT2D eigenvalue weighted by Gasteiger charge is 2.22. The van der Waals surface area contributed by atoms with Crippen molar-refractivity contribution in [1.82, 2.24) is 0 Å². The van der Waals surface area contributed by atoms with Gasteiger partial charge < -0.3 is 14.2 Å². The van der Waals surface area contributed by atoms with Crippen molar-refractivity contribution in [2.24, 2.45) is 4.99 Å². The largest absolute Gasteiger partial charge is 0.493 e. The molecule has 160 valence electrons. The third-order valence-electron chi connectivity index (χ3n) is 4.64. The summed E-state index contributed by atoms with van der Waals surface area (Å²) < 4.78 is 16.6. The number of benzene rings is 3. The molecule has 1 heterocycles. The van der Waals surface area contributed by atoms with Gasteiger partial charge >= 0.3 is 5.97 Å². The first-order chi connectivity index (χ1) is 15.6. The standard InChI is InChI=1S/C26H20ClNO4/c1-30-23-16-20(14-21(27)25(23)31-17-19-10-6-3-7-11-19)15-22-26(29)32-24(28-22)13-12-18-8-4-2-5-9-18/h2-16H,17H2,1H3. The van der Waals surface area contributed by atoms with E-state index in [1.165, 1.54) is 7.11 Å². The summed E-state index contributed by atoms with van der Waals surface area (Å²) in [5.41, 5.74) is 2.80. The van der Waals surface area contributed by atoms with Crippen LogP contribution in [0.25, 0.3) is 12.2 Å². The molecule has 0 N–H and O–H groups in total. The number of esters is 1. The van der Waals surface area contributed by atoms with Gasteiger partial charge in [-0.2, -0.15) is 0 Å². The van der Waals surface area contributed by atoms with Gasteiger partial charge in [0.05, 0.1) is 12.1 Å². The Morgan fingerprint density at radius 3 is 2.41 bits per heavy atom. The van der Waals surface area contributed by atoms with Crippen molar-refractivity contribution in [3.63, 3.8) is 0 Å². The number of hydrogen-bond donors (Lipinski definition) is 0. The van der Waals surface area contributed by atoms with E-state index < -0.39 is 5.97 Å². The number of halogens is 1. The maximum absolute atomic E-state index is 12.2. The summed E-state index contributed by atoms with van der Waals surface area (Å²) in [4.78, 5) is 16.5. The molecule has 0 amide bonds. The van der Waals surface area contributed by atoms with E-state index >= 15 is 0 Å². The normalized spacial score (nSPS) is 14.5. The maximum Gasteiger partial charge on any atom is 0.363 e. The van der Waals surface area contributed by atoms with Crippen LogP contribution >= 0.6 is 11.6 Å². The molecule has 0 aromatic heterocycles. The second-order valence-electron chi connectivity index (χ2n) is 6.92. The summed E-state index contributed by atoms with van der Waals surface area (Å²) in [5.74, 6) is 0.590. The molecular formula is C26H20ClNO4. The van der Waals surface area contributed by atoms with Crippen molar-refractivity contribution in [3.8, 4) is 11.5 Å². The monoisotopic (exact) mass is 445 g/mol. The molecule has 0 unspecified atom stereocenters. The molecule has 0 bridgehead atoms. The average Bonchev–Trinajstić information content (AvgIpc) is 3.17. The summed E-state index contributed by atoms with van der Waals surface area (Å²) in [6.07, 6.45) is 5.08. The second kappa shape index (κ2) is 9.98. The zero-order valence-corrected chi connectivity index (χ0v) is 18.1. The number of rotatable bonds is 7. The Morgan fingerprint density at radius 2 is 1.69 bits per heavy atom. The van der Waals surface area contributed by atoms with Gasteiger partial charge in [0.2, 0.25) is 5.90 Å². The van der Waals surface area contributed by atoms with E-state index in [1.807, 2.05) is 66.7 Å². The van der Waals surface area contributed by atoms with Crippen LogP contribution in [0.15, 0.2) is 89.6 Å². The van der Waals surface area contributed by atoms with Crippen molar-refractivity contribution in [1.29, 1.82) is 0 Å². The summed E-state index contributed by atoms with van der Waals surface area (Å²) in [6.45, 7) is 0.352. The Morgan fingerprint density at radius 1 is 0.969 bits per heavy atom. The lowest BCUT2D eigenvalue weighted by Gasteiger charge is -2.13. The predicted molar refractivity (Wildman–Crippen MR) is 126 cm³/mol. The Bertz CT molecular complexity index is 1200. The molecule has 0 saturated carbocycles. The van der Waals surface area contributed by atoms with Crippen LogP contribution in [0.4, 0.5) is 0 Å². The van der Waals surface area contributed by atoms with E-state index in [0.29, 0.717) is 28.7 Å². The third-order valence-corrected chi connectivity index (χ3v) is 4.92. The van der Waals surface area contributed by atoms with Crippen LogP contribution in [0.2, 0.25) is 5.02 Å². The van der Waals surface area contributed by atoms with E-state index in [4.69, 9.17) is 25.8 Å². The number of nitrogens with zero attached hydrogens (tertiary/aromatic N) is 1. The van der Waals surface area contributed by atoms with Crippen molar-refractivity contribution in [2.75, 3.05) is 7.11 Å². The van der Waals surface area contributed by atoms with Crippen LogP contribution < -0.4 is 9.47 Å². The van der Waals surface area contributed by atoms with Gasteiger partial charge in [-0.3, -0.25) is 0 Å². The predicted octanol–water partition coefficient (Wildman–Crippen LogP) is 5.94. The highest BCUT2D eigenvalue weighted by molar-refractivity contribution is 6.32. The molecule has 0 spiro atoms. The van der Waals surface area contributed by atoms with Crippen LogP contribution in [0.3, 0.4) is 0 Å². The van der Waals surface area contributed by atoms with E-state index in [0.717, 1.165) is 11.1 Å². The smallest absolute Gasteiger partial charge is 0.363 e. The molecule has 1 aliphatic heterocycles. The molecule has 3 aromatic carbocycles. The topological polar surface area (TPSA) is 57.1 Å². The van der Waals surface area contributed by atoms with Crippen LogP contribution in [-0.4, -0.2) is 19.0 Å². The Kier molecular flexibility index (Phi) is 6.68. The van der Waals surface area contributed by atoms with Gasteiger partial charge in [0.15, 0.2) is 17.2 Å². The summed E-state index contributed by atoms with van der Waals surface area (Å²) in [6, 6.07) is 22.9. The molecule has 0 aliphatic carbocycles. The van der Waals surface area contributed by atoms with Gasteiger partial charge in [-0.1, -0.05) is 72.3 Å². The van der Waals surface area contributed by atoms with Crippen molar-refractivity contribution in [2.45, 2.75) is 6.61 Å². The molecular weight excluding hydrogens is 426 g/mol. The average molecular weight is 446 g/mol. The van der Waals surface area contributed by atoms with Crippen LogP contribution in [0.5, 0.6) is 11.5 Å². The van der Waals surface area contributed by atoms with Crippen LogP contribution in [0.1, 0.15) is 16.7 Å². The summed E-state index contributed by atoms with van der Waals surface area (Å²) >= 11 is 6.45. The molecule has 6 heteroatoms. The second-order valence-corrected chi connectivity index (χ2v) is 7.33. The van der Waals surface area contributed by atoms with Gasteiger partial charge in [-0.15, -0.1) is 0 Å². The molecule has 5 nitrogen and oxygen atoms in total. The first kappa shape index (κ1) is 21.4. The fourth-order valence-electron chi connectivity index (χ4n) is 3.08. The summed E-state index contributed by atoms with van der Waals surface area (Å²) in [5, 5.41) is 0.367. The lowest BCUT2D eigenvalue weighted by atomic mass is 10.1. The van der Waals surface area contributed by atoms with Crippen molar-refractivity contribution < 1.29 is 19.0 Å². The minimum Gasteiger partial charge on any atom is -0.493 e. The van der Waals surface area contributed by atoms with E-state index in [9.17, 15) is 4.79 Å². The lowest BCUT2D eigenvalue weighted by molar-refractivity contribution is -0.129. The number of hydrogen-bond acceptors (Lipinski definition) is 5. The highest BCUT2D eigenvalue weighted by Crippen LogP contribution is 2.37. The Hall–Kier alpha value is -3.83. The Balaban J connectivity index is 1.54. The van der Waals surface area contributed by atoms with Gasteiger partial charge in [0.1, 0.15) is 6.61 Å². The van der Waals surface area contributed by atoms with Gasteiger partial charge in [-0.25, -0.2) is 9.79 Å². The first-order valence-corrected chi connectivity index (χ1v) is 10.3. The first-order valence-electron chi connectivity index (χ1n) is 9.92. The number of carbonyl (C=O) groups is 1. The molecule has 0 radical (unpaired) electrons. The number of carbonyl (C=O) groups excluding carboxylic acids is 1. The molecule has 0 saturated heterocycles. The van der Waals surface area contributed by atoms with Gasteiger partial charge in [0, 0.05) is 6.08 Å². The maximum atomic E-state index is 12.2. The molecule has 3 aromatic rings. The van der Waals surface area contributed by atoms with Crippen LogP contribution in [-0.2, 0) is 16.1 Å². The zero-order valence-electron chi connectivity index (χ0n) is 17.3. The van der Waals surface area contributed by atoms with Crippen LogP contribution in [0, 0.1) is 0 Å². The van der Waals surface area contributed by atoms with Crippen molar-refractivity contribution in [3.05, 3.63) is 106 Å². The Labute approximate surface area is 191 Å². The van der Waals surface area contributed by atoms with E-state index in [-0.39, 0.29) is 11.6 Å². The molecule has 0 fully saturated rings. The number of aliphatic imine (C=N–C) groups is 1. The third kappa shape index (κ3) is 5.25. The van der Waals surface area contributed by atoms with Crippen molar-refractivity contribution >= 4 is 35.6 Å². The molecule has 1 aliphatic rings. The molecule has 32 heavy (non-hydrogen) atoms. The quantitative estimate of drug-likeness (QED) is 0.333. The fourth-order valence-corrected chi connectivity index (χ4v) is 3.35. The van der Waals surface area contributed by atoms with E-state index in [2.05, 4.69) is 4.99 Å². The number of cyclic esters (lactones) is 1. The number of ether oxygens (including phenoxy) is 3. The summed E-state index contributed by atoms with van der Waals surface area (Å²) in [7, 11) is 1.53. The molecule has 4 rings (SSSR count). The zero-order chi connectivity index (χ0) is 22.3. The SMILES string of the molecule is COc1cc(C=C2N=C(C=Cc3ccccc3)OC2=O)cc(Cl)c1OCc1ccccc1. The van der Waals surface area contributed by atoms with Gasteiger partial charge in [-0.05, 0) is 41.0 Å². The minimum absolute atomic E-state index is 0.175. The molecule has 0 atom stereocenters. The lowest BCUT2D eigenvalue weighted by Crippen LogP contribution is -2.01. The van der Waals surface area contributed by atoms with Gasteiger partial charge in [0.25, 0.3) is 0 Å². The highest BCUT2D eigenvalue weighted by atomic mass is 35.5. The van der Waals surface area contributed by atoms with E-state index in [1.54, 1.807) is 24.3 Å². The fraction of sp³-hybridized carbons (Fsp3) is 0.0769. The minimum atomic E-state index is -0.530.